The Labute approximate surface area is 169 Å². The minimum Gasteiger partial charge on any atom is -0.440 e. The van der Waals surface area contributed by atoms with Crippen LogP contribution in [-0.2, 0) is 6.54 Å². The van der Waals surface area contributed by atoms with Crippen molar-refractivity contribution in [3.8, 4) is 0 Å². The van der Waals surface area contributed by atoms with Gasteiger partial charge in [0.1, 0.15) is 11.4 Å². The molecule has 0 radical (unpaired) electrons. The van der Waals surface area contributed by atoms with E-state index in [2.05, 4.69) is 37.5 Å². The van der Waals surface area contributed by atoms with Crippen LogP contribution in [0.2, 0.25) is 0 Å². The van der Waals surface area contributed by atoms with Gasteiger partial charge < -0.3 is 13.9 Å². The Morgan fingerprint density at radius 1 is 0.931 bits per heavy atom. The number of halogens is 1. The molecule has 6 heteroatoms. The smallest absolute Gasteiger partial charge is 0.196 e. The van der Waals surface area contributed by atoms with Gasteiger partial charge in [-0.15, -0.1) is 0 Å². The Hall–Kier alpha value is -2.86. The van der Waals surface area contributed by atoms with Gasteiger partial charge in [-0.1, -0.05) is 12.1 Å². The Balaban J connectivity index is 1.09. The lowest BCUT2D eigenvalue weighted by atomic mass is 10.2. The zero-order valence-corrected chi connectivity index (χ0v) is 16.4. The second-order valence-electron chi connectivity index (χ2n) is 7.73. The fourth-order valence-electron chi connectivity index (χ4n) is 4.14. The number of furan rings is 1. The first-order valence-corrected chi connectivity index (χ1v) is 10.3. The van der Waals surface area contributed by atoms with Crippen LogP contribution < -0.4 is 4.90 Å². The van der Waals surface area contributed by atoms with E-state index in [0.29, 0.717) is 5.58 Å². The quantitative estimate of drug-likeness (QED) is 0.452. The van der Waals surface area contributed by atoms with Crippen LogP contribution in [0.15, 0.2) is 59.3 Å². The summed E-state index contributed by atoms with van der Waals surface area (Å²) in [5.74, 6) is 0.587. The van der Waals surface area contributed by atoms with E-state index in [1.165, 1.54) is 24.1 Å². The molecule has 1 aliphatic heterocycles. The van der Waals surface area contributed by atoms with E-state index in [1.807, 2.05) is 18.5 Å². The summed E-state index contributed by atoms with van der Waals surface area (Å²) in [4.78, 5) is 9.24. The fourth-order valence-corrected chi connectivity index (χ4v) is 4.14. The average Bonchev–Trinajstić information content (AvgIpc) is 3.35. The van der Waals surface area contributed by atoms with E-state index in [0.717, 1.165) is 62.5 Å². The maximum absolute atomic E-state index is 13.4. The summed E-state index contributed by atoms with van der Waals surface area (Å²) < 4.78 is 21.5. The van der Waals surface area contributed by atoms with Crippen molar-refractivity contribution in [3.63, 3.8) is 0 Å². The van der Waals surface area contributed by atoms with Crippen LogP contribution in [-0.4, -0.2) is 47.2 Å². The molecule has 2 aromatic heterocycles. The molecule has 1 saturated heterocycles. The second-order valence-corrected chi connectivity index (χ2v) is 7.73. The number of hydrogen-bond donors (Lipinski definition) is 0. The maximum Gasteiger partial charge on any atom is 0.196 e. The van der Waals surface area contributed by atoms with Crippen LogP contribution in [0.4, 0.5) is 10.3 Å². The number of hydrogen-bond acceptors (Lipinski definition) is 4. The minimum absolute atomic E-state index is 0.257. The Kier molecular flexibility index (Phi) is 4.94. The number of para-hydroxylation sites is 2. The van der Waals surface area contributed by atoms with E-state index in [9.17, 15) is 4.39 Å². The molecule has 1 fully saturated rings. The van der Waals surface area contributed by atoms with Crippen LogP contribution in [0.1, 0.15) is 12.8 Å². The van der Waals surface area contributed by atoms with Gasteiger partial charge in [0, 0.05) is 50.2 Å². The van der Waals surface area contributed by atoms with Crippen LogP contribution in [0.5, 0.6) is 0 Å². The van der Waals surface area contributed by atoms with Gasteiger partial charge in [0.05, 0.1) is 17.4 Å². The largest absolute Gasteiger partial charge is 0.440 e. The van der Waals surface area contributed by atoms with Gasteiger partial charge in [0.2, 0.25) is 0 Å². The standard InChI is InChI=1S/C23H25FN4O/c24-19-8-7-18-15-23(29-22(18)16-19)27-13-11-26(12-14-27)9-3-4-10-28-17-25-20-5-1-2-6-21(20)28/h1-2,5-8,15-17H,3-4,9-14H2. The molecule has 150 valence electrons. The van der Waals surface area contributed by atoms with E-state index in [4.69, 9.17) is 4.42 Å². The summed E-state index contributed by atoms with van der Waals surface area (Å²) in [5.41, 5.74) is 2.90. The summed E-state index contributed by atoms with van der Waals surface area (Å²) in [6, 6.07) is 15.0. The van der Waals surface area contributed by atoms with Crippen molar-refractivity contribution in [1.82, 2.24) is 14.5 Å². The number of aryl methyl sites for hydroxylation is 1. The normalized spacial score (nSPS) is 15.6. The van der Waals surface area contributed by atoms with Gasteiger partial charge in [-0.05, 0) is 43.7 Å². The Morgan fingerprint density at radius 3 is 2.66 bits per heavy atom. The maximum atomic E-state index is 13.4. The minimum atomic E-state index is -0.257. The lowest BCUT2D eigenvalue weighted by Gasteiger charge is -2.34. The highest BCUT2D eigenvalue weighted by Crippen LogP contribution is 2.27. The Morgan fingerprint density at radius 2 is 1.76 bits per heavy atom. The fraction of sp³-hybridized carbons (Fsp3) is 0.348. The average molecular weight is 392 g/mol. The first kappa shape index (κ1) is 18.2. The highest BCUT2D eigenvalue weighted by Gasteiger charge is 2.19. The molecule has 29 heavy (non-hydrogen) atoms. The first-order chi connectivity index (χ1) is 14.3. The van der Waals surface area contributed by atoms with Gasteiger partial charge in [0.25, 0.3) is 0 Å². The predicted octanol–water partition coefficient (Wildman–Crippen LogP) is 4.52. The second kappa shape index (κ2) is 7.87. The van der Waals surface area contributed by atoms with E-state index < -0.39 is 0 Å². The lowest BCUT2D eigenvalue weighted by molar-refractivity contribution is 0.248. The molecular formula is C23H25FN4O. The zero-order valence-electron chi connectivity index (χ0n) is 16.4. The number of anilines is 1. The lowest BCUT2D eigenvalue weighted by Crippen LogP contribution is -2.46. The third-order valence-corrected chi connectivity index (χ3v) is 5.80. The Bertz CT molecular complexity index is 1110. The SMILES string of the molecule is Fc1ccc2cc(N3CCN(CCCCn4cnc5ccccc54)CC3)oc2c1. The number of unbranched alkanes of at least 4 members (excludes halogenated alkanes) is 1. The third kappa shape index (κ3) is 3.85. The summed E-state index contributed by atoms with van der Waals surface area (Å²) in [6.45, 7) is 6.06. The van der Waals surface area contributed by atoms with Crippen molar-refractivity contribution in [2.45, 2.75) is 19.4 Å². The van der Waals surface area contributed by atoms with Crippen LogP contribution >= 0.6 is 0 Å². The molecule has 0 bridgehead atoms. The number of piperazine rings is 1. The zero-order chi connectivity index (χ0) is 19.6. The van der Waals surface area contributed by atoms with Crippen molar-refractivity contribution in [1.29, 1.82) is 0 Å². The predicted molar refractivity (Wildman–Crippen MR) is 114 cm³/mol. The topological polar surface area (TPSA) is 37.4 Å². The summed E-state index contributed by atoms with van der Waals surface area (Å²) in [6.07, 6.45) is 4.27. The number of imidazole rings is 1. The molecular weight excluding hydrogens is 367 g/mol. The van der Waals surface area contributed by atoms with Crippen molar-refractivity contribution in [3.05, 3.63) is 60.7 Å². The number of nitrogens with zero attached hydrogens (tertiary/aromatic N) is 4. The third-order valence-electron chi connectivity index (χ3n) is 5.80. The van der Waals surface area contributed by atoms with Crippen molar-refractivity contribution < 1.29 is 8.81 Å². The molecule has 1 aliphatic rings. The number of aromatic nitrogens is 2. The molecule has 0 unspecified atom stereocenters. The monoisotopic (exact) mass is 392 g/mol. The van der Waals surface area contributed by atoms with E-state index >= 15 is 0 Å². The molecule has 0 aliphatic carbocycles. The van der Waals surface area contributed by atoms with E-state index in [-0.39, 0.29) is 5.82 Å². The van der Waals surface area contributed by atoms with Gasteiger partial charge in [-0.3, -0.25) is 4.90 Å². The number of rotatable bonds is 6. The van der Waals surface area contributed by atoms with Crippen LogP contribution in [0.3, 0.4) is 0 Å². The summed E-state index contributed by atoms with van der Waals surface area (Å²) in [5, 5.41) is 0.954. The van der Waals surface area contributed by atoms with Gasteiger partial charge >= 0.3 is 0 Å². The number of benzene rings is 2. The van der Waals surface area contributed by atoms with Crippen molar-refractivity contribution in [2.75, 3.05) is 37.6 Å². The number of fused-ring (bicyclic) bond motifs is 2. The molecule has 5 nitrogen and oxygen atoms in total. The summed E-state index contributed by atoms with van der Waals surface area (Å²) >= 11 is 0. The highest BCUT2D eigenvalue weighted by atomic mass is 19.1. The first-order valence-electron chi connectivity index (χ1n) is 10.3. The van der Waals surface area contributed by atoms with Gasteiger partial charge in [-0.2, -0.15) is 0 Å². The molecule has 0 spiro atoms. The van der Waals surface area contributed by atoms with Crippen LogP contribution in [0, 0.1) is 5.82 Å². The molecule has 4 aromatic rings. The summed E-state index contributed by atoms with van der Waals surface area (Å²) in [7, 11) is 0. The molecule has 5 rings (SSSR count). The van der Waals surface area contributed by atoms with Crippen molar-refractivity contribution in [2.24, 2.45) is 0 Å². The van der Waals surface area contributed by atoms with Gasteiger partial charge in [0.15, 0.2) is 5.88 Å². The van der Waals surface area contributed by atoms with E-state index in [1.54, 1.807) is 6.07 Å². The van der Waals surface area contributed by atoms with Crippen molar-refractivity contribution >= 4 is 27.9 Å². The molecule has 3 heterocycles. The molecule has 0 N–H and O–H groups in total. The van der Waals surface area contributed by atoms with Crippen LogP contribution in [0.25, 0.3) is 22.0 Å². The van der Waals surface area contributed by atoms with Gasteiger partial charge in [-0.25, -0.2) is 9.37 Å². The molecule has 0 amide bonds. The molecule has 0 saturated carbocycles. The molecule has 0 atom stereocenters. The molecule has 2 aromatic carbocycles. The highest BCUT2D eigenvalue weighted by molar-refractivity contribution is 5.81.